The number of carbonyl (C=O) groups is 2. The third-order valence-electron chi connectivity index (χ3n) is 6.27. The van der Waals surface area contributed by atoms with Gasteiger partial charge in [0.25, 0.3) is 5.91 Å². The lowest BCUT2D eigenvalue weighted by atomic mass is 9.99. The molecule has 2 saturated heterocycles. The van der Waals surface area contributed by atoms with Crippen molar-refractivity contribution in [3.05, 3.63) is 35.4 Å². The fraction of sp³-hybridized carbons (Fsp3) is 0.609. The molecule has 2 aliphatic rings. The highest BCUT2D eigenvalue weighted by Gasteiger charge is 2.45. The molecule has 32 heavy (non-hydrogen) atoms. The largest absolute Gasteiger partial charge is 0.356 e. The molecule has 8 nitrogen and oxygen atoms in total. The smallest absolute Gasteiger partial charge is 0.325 e. The average Bonchev–Trinajstić information content (AvgIpc) is 2.98. The van der Waals surface area contributed by atoms with E-state index in [2.05, 4.69) is 56.6 Å². The monoisotopic (exact) mass is 556 g/mol. The molecule has 0 aromatic heterocycles. The number of amides is 3. The van der Waals surface area contributed by atoms with Gasteiger partial charge < -0.3 is 15.5 Å². The number of imide groups is 1. The minimum absolute atomic E-state index is 0. The molecule has 3 rings (SSSR count). The van der Waals surface area contributed by atoms with Gasteiger partial charge in [-0.15, -0.1) is 24.0 Å². The van der Waals surface area contributed by atoms with Crippen LogP contribution in [0, 0.1) is 6.92 Å². The standard InChI is InChI=1S/C23H36N6O2.HI/c1-5-23(3)20(30)29(22(31)26-23)11-7-10-25-21(24-4)28-14-12-27(13-15-28)17-19-9-6-8-18(2)16-19;/h6,8-9,16H,5,7,10-15,17H2,1-4H3,(H,24,25)(H,26,31);1H. The summed E-state index contributed by atoms with van der Waals surface area (Å²) in [4.78, 5) is 35.1. The first-order valence-corrected chi connectivity index (χ1v) is 11.2. The summed E-state index contributed by atoms with van der Waals surface area (Å²) in [6.45, 7) is 11.7. The number of benzene rings is 1. The first-order valence-electron chi connectivity index (χ1n) is 11.2. The van der Waals surface area contributed by atoms with Gasteiger partial charge in [-0.2, -0.15) is 0 Å². The van der Waals surface area contributed by atoms with Gasteiger partial charge in [0.1, 0.15) is 5.54 Å². The zero-order chi connectivity index (χ0) is 22.4. The Balaban J connectivity index is 0.00000363. The second-order valence-corrected chi connectivity index (χ2v) is 8.65. The normalized spacial score (nSPS) is 22.1. The van der Waals surface area contributed by atoms with Crippen LogP contribution >= 0.6 is 24.0 Å². The fourth-order valence-corrected chi connectivity index (χ4v) is 4.15. The SMILES string of the molecule is CCC1(C)NC(=O)N(CCCNC(=NC)N2CCN(Cc3cccc(C)c3)CC2)C1=O.I. The lowest BCUT2D eigenvalue weighted by Gasteiger charge is -2.36. The Morgan fingerprint density at radius 1 is 1.22 bits per heavy atom. The minimum Gasteiger partial charge on any atom is -0.356 e. The lowest BCUT2D eigenvalue weighted by Crippen LogP contribution is -2.52. The number of guanidine groups is 1. The number of nitrogens with one attached hydrogen (secondary N) is 2. The summed E-state index contributed by atoms with van der Waals surface area (Å²) in [5.74, 6) is 0.750. The van der Waals surface area contributed by atoms with Crippen molar-refractivity contribution in [2.45, 2.75) is 45.7 Å². The summed E-state index contributed by atoms with van der Waals surface area (Å²) in [6.07, 6.45) is 1.28. The second kappa shape index (κ2) is 11.8. The number of piperazine rings is 1. The van der Waals surface area contributed by atoms with E-state index in [4.69, 9.17) is 0 Å². The maximum Gasteiger partial charge on any atom is 0.325 e. The molecule has 0 spiro atoms. The highest BCUT2D eigenvalue weighted by molar-refractivity contribution is 14.0. The van der Waals surface area contributed by atoms with E-state index in [9.17, 15) is 9.59 Å². The Kier molecular flexibility index (Phi) is 9.75. The molecule has 3 amide bonds. The van der Waals surface area contributed by atoms with Gasteiger partial charge in [-0.1, -0.05) is 36.8 Å². The molecule has 1 aromatic rings. The highest BCUT2D eigenvalue weighted by Crippen LogP contribution is 2.20. The molecule has 9 heteroatoms. The summed E-state index contributed by atoms with van der Waals surface area (Å²) >= 11 is 0. The number of rotatable bonds is 7. The molecule has 2 aliphatic heterocycles. The van der Waals surface area contributed by atoms with Crippen molar-refractivity contribution in [2.24, 2.45) is 4.99 Å². The second-order valence-electron chi connectivity index (χ2n) is 8.65. The fourth-order valence-electron chi connectivity index (χ4n) is 4.15. The molecule has 2 fully saturated rings. The number of hydrogen-bond donors (Lipinski definition) is 2. The summed E-state index contributed by atoms with van der Waals surface area (Å²) in [6, 6.07) is 8.40. The molecule has 1 unspecified atom stereocenters. The van der Waals surface area contributed by atoms with Crippen LogP contribution in [0.25, 0.3) is 0 Å². The number of aryl methyl sites for hydroxylation is 1. The van der Waals surface area contributed by atoms with Crippen LogP contribution in [0.5, 0.6) is 0 Å². The van der Waals surface area contributed by atoms with Crippen LogP contribution in [0.2, 0.25) is 0 Å². The molecule has 1 atom stereocenters. The Bertz CT molecular complexity index is 824. The molecule has 1 aromatic carbocycles. The van der Waals surface area contributed by atoms with Crippen molar-refractivity contribution < 1.29 is 9.59 Å². The van der Waals surface area contributed by atoms with Gasteiger partial charge in [0.2, 0.25) is 0 Å². The predicted octanol–water partition coefficient (Wildman–Crippen LogP) is 2.42. The molecular weight excluding hydrogens is 519 g/mol. The summed E-state index contributed by atoms with van der Waals surface area (Å²) in [7, 11) is 1.80. The molecular formula is C23H37IN6O2. The van der Waals surface area contributed by atoms with Crippen molar-refractivity contribution in [3.63, 3.8) is 0 Å². The Morgan fingerprint density at radius 3 is 2.53 bits per heavy atom. The van der Waals surface area contributed by atoms with E-state index in [1.54, 1.807) is 14.0 Å². The number of hydrogen-bond acceptors (Lipinski definition) is 4. The first-order chi connectivity index (χ1) is 14.9. The lowest BCUT2D eigenvalue weighted by molar-refractivity contribution is -0.130. The van der Waals surface area contributed by atoms with E-state index < -0.39 is 5.54 Å². The Morgan fingerprint density at radius 2 is 1.94 bits per heavy atom. The van der Waals surface area contributed by atoms with E-state index in [0.29, 0.717) is 25.9 Å². The number of aliphatic imine (C=N–C) groups is 1. The van der Waals surface area contributed by atoms with Gasteiger partial charge in [-0.05, 0) is 32.3 Å². The van der Waals surface area contributed by atoms with Crippen LogP contribution in [0.1, 0.15) is 37.8 Å². The van der Waals surface area contributed by atoms with E-state index in [-0.39, 0.29) is 35.9 Å². The van der Waals surface area contributed by atoms with Crippen molar-refractivity contribution in [1.82, 2.24) is 25.3 Å². The maximum absolute atomic E-state index is 12.5. The number of halogens is 1. The molecule has 2 heterocycles. The summed E-state index contributed by atoms with van der Waals surface area (Å²) in [5.41, 5.74) is 1.89. The van der Waals surface area contributed by atoms with Crippen molar-refractivity contribution in [2.75, 3.05) is 46.3 Å². The highest BCUT2D eigenvalue weighted by atomic mass is 127. The van der Waals surface area contributed by atoms with Crippen LogP contribution in [-0.2, 0) is 11.3 Å². The van der Waals surface area contributed by atoms with Gasteiger partial charge in [0, 0.05) is 52.9 Å². The van der Waals surface area contributed by atoms with Gasteiger partial charge >= 0.3 is 6.03 Å². The van der Waals surface area contributed by atoms with Crippen LogP contribution in [0.15, 0.2) is 29.3 Å². The molecule has 178 valence electrons. The molecule has 0 aliphatic carbocycles. The summed E-state index contributed by atoms with van der Waals surface area (Å²) in [5, 5.41) is 6.18. The van der Waals surface area contributed by atoms with E-state index in [1.165, 1.54) is 16.0 Å². The third-order valence-corrected chi connectivity index (χ3v) is 6.27. The Labute approximate surface area is 208 Å². The Hall–Kier alpha value is -1.88. The molecule has 0 saturated carbocycles. The maximum atomic E-state index is 12.5. The molecule has 2 N–H and O–H groups in total. The quantitative estimate of drug-likeness (QED) is 0.177. The van der Waals surface area contributed by atoms with E-state index >= 15 is 0 Å². The minimum atomic E-state index is -0.765. The van der Waals surface area contributed by atoms with Crippen molar-refractivity contribution in [3.8, 4) is 0 Å². The van der Waals surface area contributed by atoms with E-state index in [0.717, 1.165) is 38.7 Å². The van der Waals surface area contributed by atoms with Gasteiger partial charge in [0.15, 0.2) is 5.96 Å². The van der Waals surface area contributed by atoms with Crippen LogP contribution < -0.4 is 10.6 Å². The number of urea groups is 1. The topological polar surface area (TPSA) is 80.3 Å². The van der Waals surface area contributed by atoms with Gasteiger partial charge in [-0.3, -0.25) is 19.6 Å². The van der Waals surface area contributed by atoms with Gasteiger partial charge in [0.05, 0.1) is 0 Å². The molecule has 0 radical (unpaired) electrons. The van der Waals surface area contributed by atoms with Crippen LogP contribution in [0.4, 0.5) is 4.79 Å². The van der Waals surface area contributed by atoms with Crippen LogP contribution in [0.3, 0.4) is 0 Å². The molecule has 0 bridgehead atoms. The van der Waals surface area contributed by atoms with Crippen molar-refractivity contribution >= 4 is 41.9 Å². The number of carbonyl (C=O) groups excluding carboxylic acids is 2. The average molecular weight is 556 g/mol. The van der Waals surface area contributed by atoms with Crippen LogP contribution in [-0.4, -0.2) is 84.5 Å². The third kappa shape index (κ3) is 6.34. The first kappa shape index (κ1) is 26.4. The summed E-state index contributed by atoms with van der Waals surface area (Å²) < 4.78 is 0. The van der Waals surface area contributed by atoms with E-state index in [1.807, 2.05) is 6.92 Å². The predicted molar refractivity (Wildman–Crippen MR) is 138 cm³/mol. The zero-order valence-electron chi connectivity index (χ0n) is 19.7. The zero-order valence-corrected chi connectivity index (χ0v) is 22.0. The van der Waals surface area contributed by atoms with Gasteiger partial charge in [-0.25, -0.2) is 4.79 Å². The number of nitrogens with zero attached hydrogens (tertiary/aromatic N) is 4. The van der Waals surface area contributed by atoms with Crippen molar-refractivity contribution in [1.29, 1.82) is 0 Å².